The first-order valence-electron chi connectivity index (χ1n) is 7.21. The molecule has 3 rings (SSSR count). The summed E-state index contributed by atoms with van der Waals surface area (Å²) >= 11 is 2.45. The average molecular weight is 352 g/mol. The minimum absolute atomic E-state index is 0.0630. The van der Waals surface area contributed by atoms with E-state index in [4.69, 9.17) is 0 Å². The highest BCUT2D eigenvalue weighted by molar-refractivity contribution is 8.15. The van der Waals surface area contributed by atoms with Gasteiger partial charge in [-0.2, -0.15) is 11.8 Å². The predicted molar refractivity (Wildman–Crippen MR) is 90.6 cm³/mol. The molecule has 0 unspecified atom stereocenters. The SMILES string of the molecule is O=C(C[C@@H]1SC(=O)N(c2ccccc2)C1=O)N[C@@H]1CSC[C@H]1O. The first-order chi connectivity index (χ1) is 11.1. The molecule has 2 N–H and O–H groups in total. The van der Waals surface area contributed by atoms with Gasteiger partial charge < -0.3 is 10.4 Å². The minimum atomic E-state index is -0.714. The van der Waals surface area contributed by atoms with Gasteiger partial charge in [-0.3, -0.25) is 14.4 Å². The van der Waals surface area contributed by atoms with Crippen LogP contribution in [0, 0.1) is 0 Å². The molecule has 8 heteroatoms. The van der Waals surface area contributed by atoms with Crippen molar-refractivity contribution in [1.29, 1.82) is 0 Å². The zero-order valence-electron chi connectivity index (χ0n) is 12.2. The van der Waals surface area contributed by atoms with Crippen LogP contribution in [-0.4, -0.2) is 51.1 Å². The van der Waals surface area contributed by atoms with Crippen LogP contribution in [0.4, 0.5) is 10.5 Å². The van der Waals surface area contributed by atoms with Crippen molar-refractivity contribution < 1.29 is 19.5 Å². The molecule has 6 nitrogen and oxygen atoms in total. The maximum Gasteiger partial charge on any atom is 0.293 e. The predicted octanol–water partition coefficient (Wildman–Crippen LogP) is 1.24. The summed E-state index contributed by atoms with van der Waals surface area (Å²) in [5.41, 5.74) is 0.514. The molecule has 1 aromatic carbocycles. The maximum absolute atomic E-state index is 12.4. The smallest absolute Gasteiger partial charge is 0.293 e. The molecule has 1 aromatic rings. The van der Waals surface area contributed by atoms with E-state index in [-0.39, 0.29) is 29.5 Å². The van der Waals surface area contributed by atoms with Crippen LogP contribution >= 0.6 is 23.5 Å². The van der Waals surface area contributed by atoms with Crippen molar-refractivity contribution in [2.24, 2.45) is 0 Å². The highest BCUT2D eigenvalue weighted by atomic mass is 32.2. The number of hydrogen-bond donors (Lipinski definition) is 2. The van der Waals surface area contributed by atoms with Gasteiger partial charge in [0.25, 0.3) is 5.24 Å². The number of aliphatic hydroxyl groups is 1. The molecule has 2 aliphatic heterocycles. The van der Waals surface area contributed by atoms with Crippen LogP contribution in [0.2, 0.25) is 0 Å². The second kappa shape index (κ2) is 6.94. The number of carbonyl (C=O) groups excluding carboxylic acids is 3. The number of amides is 3. The van der Waals surface area contributed by atoms with Crippen molar-refractivity contribution in [2.45, 2.75) is 23.8 Å². The molecule has 2 saturated heterocycles. The summed E-state index contributed by atoms with van der Waals surface area (Å²) in [6, 6.07) is 8.39. The monoisotopic (exact) mass is 352 g/mol. The molecule has 2 heterocycles. The Hall–Kier alpha value is -1.51. The Morgan fingerprint density at radius 1 is 1.26 bits per heavy atom. The van der Waals surface area contributed by atoms with Crippen LogP contribution < -0.4 is 10.2 Å². The van der Waals surface area contributed by atoms with Crippen LogP contribution in [0.25, 0.3) is 0 Å². The molecule has 0 aliphatic carbocycles. The van der Waals surface area contributed by atoms with E-state index < -0.39 is 11.4 Å². The van der Waals surface area contributed by atoms with E-state index in [0.717, 1.165) is 16.7 Å². The number of nitrogens with zero attached hydrogens (tertiary/aromatic N) is 1. The standard InChI is InChI=1S/C15H16N2O4S2/c18-11-8-22-7-10(11)16-13(19)6-12-14(20)17(15(21)23-12)9-4-2-1-3-5-9/h1-5,10-12,18H,6-8H2,(H,16,19)/t10-,11-,12+/m1/s1. The first kappa shape index (κ1) is 16.4. The van der Waals surface area contributed by atoms with Gasteiger partial charge in [0.15, 0.2) is 0 Å². The third-order valence-electron chi connectivity index (χ3n) is 3.70. The van der Waals surface area contributed by atoms with Gasteiger partial charge >= 0.3 is 0 Å². The first-order valence-corrected chi connectivity index (χ1v) is 9.24. The maximum atomic E-state index is 12.4. The number of nitrogens with one attached hydrogen (secondary N) is 1. The molecule has 23 heavy (non-hydrogen) atoms. The number of thioether (sulfide) groups is 2. The molecule has 0 spiro atoms. The van der Waals surface area contributed by atoms with E-state index in [1.807, 2.05) is 0 Å². The Kier molecular flexibility index (Phi) is 4.93. The van der Waals surface area contributed by atoms with E-state index in [1.165, 1.54) is 0 Å². The van der Waals surface area contributed by atoms with Crippen molar-refractivity contribution in [3.63, 3.8) is 0 Å². The van der Waals surface area contributed by atoms with Crippen molar-refractivity contribution in [1.82, 2.24) is 5.32 Å². The fraction of sp³-hybridized carbons (Fsp3) is 0.400. The molecule has 2 fully saturated rings. The van der Waals surface area contributed by atoms with Crippen LogP contribution in [-0.2, 0) is 9.59 Å². The fourth-order valence-corrected chi connectivity index (χ4v) is 4.67. The van der Waals surface area contributed by atoms with Gasteiger partial charge in [-0.25, -0.2) is 4.90 Å². The summed E-state index contributed by atoms with van der Waals surface area (Å²) in [7, 11) is 0. The molecule has 3 amide bonds. The lowest BCUT2D eigenvalue weighted by molar-refractivity contribution is -0.125. The second-order valence-corrected chi connectivity index (χ2v) is 7.59. The molecule has 0 bridgehead atoms. The number of anilines is 1. The van der Waals surface area contributed by atoms with Crippen molar-refractivity contribution in [2.75, 3.05) is 16.4 Å². The Morgan fingerprint density at radius 2 is 2.00 bits per heavy atom. The lowest BCUT2D eigenvalue weighted by Crippen LogP contribution is -2.44. The number of aliphatic hydroxyl groups excluding tert-OH is 1. The number of carbonyl (C=O) groups is 3. The number of para-hydroxylation sites is 1. The lowest BCUT2D eigenvalue weighted by atomic mass is 10.2. The third kappa shape index (κ3) is 3.54. The summed E-state index contributed by atoms with van der Waals surface area (Å²) in [6.45, 7) is 0. The van der Waals surface area contributed by atoms with Crippen LogP contribution in [0.15, 0.2) is 30.3 Å². The number of benzene rings is 1. The van der Waals surface area contributed by atoms with E-state index >= 15 is 0 Å². The van der Waals surface area contributed by atoms with Crippen molar-refractivity contribution in [3.05, 3.63) is 30.3 Å². The molecule has 0 saturated carbocycles. The summed E-state index contributed by atoms with van der Waals surface area (Å²) in [5.74, 6) is 0.573. The zero-order chi connectivity index (χ0) is 16.4. The van der Waals surface area contributed by atoms with Gasteiger partial charge in [-0.05, 0) is 23.9 Å². The van der Waals surface area contributed by atoms with E-state index in [0.29, 0.717) is 17.2 Å². The number of imide groups is 1. The van der Waals surface area contributed by atoms with Crippen molar-refractivity contribution in [3.8, 4) is 0 Å². The topological polar surface area (TPSA) is 86.7 Å². The number of rotatable bonds is 4. The summed E-state index contributed by atoms with van der Waals surface area (Å²) < 4.78 is 0. The van der Waals surface area contributed by atoms with Gasteiger partial charge in [0.1, 0.15) is 5.25 Å². The van der Waals surface area contributed by atoms with E-state index in [1.54, 1.807) is 42.1 Å². The largest absolute Gasteiger partial charge is 0.390 e. The van der Waals surface area contributed by atoms with Gasteiger partial charge in [-0.1, -0.05) is 18.2 Å². The molecule has 3 atom stereocenters. The van der Waals surface area contributed by atoms with Gasteiger partial charge in [-0.15, -0.1) is 0 Å². The summed E-state index contributed by atoms with van der Waals surface area (Å²) in [5, 5.41) is 11.4. The van der Waals surface area contributed by atoms with Crippen LogP contribution in [0.3, 0.4) is 0 Å². The van der Waals surface area contributed by atoms with Gasteiger partial charge in [0.05, 0.1) is 17.8 Å². The summed E-state index contributed by atoms with van der Waals surface area (Å²) in [4.78, 5) is 37.7. The molecule has 0 radical (unpaired) electrons. The molecular weight excluding hydrogens is 336 g/mol. The van der Waals surface area contributed by atoms with E-state index in [2.05, 4.69) is 5.32 Å². The summed E-state index contributed by atoms with van der Waals surface area (Å²) in [6.07, 6.45) is -0.620. The molecule has 0 aromatic heterocycles. The Balaban J connectivity index is 1.62. The quantitative estimate of drug-likeness (QED) is 0.848. The fourth-order valence-electron chi connectivity index (χ4n) is 2.51. The second-order valence-electron chi connectivity index (χ2n) is 5.36. The molecular formula is C15H16N2O4S2. The van der Waals surface area contributed by atoms with Gasteiger partial charge in [0.2, 0.25) is 11.8 Å². The minimum Gasteiger partial charge on any atom is -0.390 e. The third-order valence-corrected chi connectivity index (χ3v) is 5.91. The average Bonchev–Trinajstić information content (AvgIpc) is 3.04. The van der Waals surface area contributed by atoms with Crippen LogP contribution in [0.5, 0.6) is 0 Å². The highest BCUT2D eigenvalue weighted by Crippen LogP contribution is 2.33. The highest BCUT2D eigenvalue weighted by Gasteiger charge is 2.42. The molecule has 2 aliphatic rings. The molecule has 122 valence electrons. The zero-order valence-corrected chi connectivity index (χ0v) is 13.8. The Morgan fingerprint density at radius 3 is 2.65 bits per heavy atom. The Bertz CT molecular complexity index is 625. The van der Waals surface area contributed by atoms with E-state index in [9.17, 15) is 19.5 Å². The lowest BCUT2D eigenvalue weighted by Gasteiger charge is -2.17. The van der Waals surface area contributed by atoms with Crippen molar-refractivity contribution >= 4 is 46.3 Å². The van der Waals surface area contributed by atoms with Crippen LogP contribution in [0.1, 0.15) is 6.42 Å². The number of hydrogen-bond acceptors (Lipinski definition) is 6. The normalized spacial score (nSPS) is 27.5. The van der Waals surface area contributed by atoms with Gasteiger partial charge in [0, 0.05) is 17.9 Å². The Labute approximate surface area is 142 Å².